The minimum absolute atomic E-state index is 0.103. The number of unbranched alkanes of at least 4 members (excludes halogenated alkanes) is 27. The maximum absolute atomic E-state index is 12.7. The zero-order valence-electron chi connectivity index (χ0n) is 45.3. The summed E-state index contributed by atoms with van der Waals surface area (Å²) in [5.41, 5.74) is 0. The third-order valence-corrected chi connectivity index (χ3v) is 12.4. The van der Waals surface area contributed by atoms with Gasteiger partial charge in [0, 0.05) is 19.3 Å². The summed E-state index contributed by atoms with van der Waals surface area (Å²) in [5, 5.41) is 0. The van der Waals surface area contributed by atoms with Gasteiger partial charge in [-0.1, -0.05) is 260 Å². The fourth-order valence-electron chi connectivity index (χ4n) is 8.05. The summed E-state index contributed by atoms with van der Waals surface area (Å²) >= 11 is 0. The Kier molecular flexibility index (Phi) is 54.3. The van der Waals surface area contributed by atoms with E-state index >= 15 is 0 Å². The predicted octanol–water partition coefficient (Wildman–Crippen LogP) is 19.5. The second-order valence-electron chi connectivity index (χ2n) is 19.2. The molecular weight excluding hydrogens is 853 g/mol. The summed E-state index contributed by atoms with van der Waals surface area (Å²) in [6.45, 7) is 6.44. The molecule has 0 radical (unpaired) electrons. The average molecular weight is 962 g/mol. The topological polar surface area (TPSA) is 78.9 Å². The van der Waals surface area contributed by atoms with Crippen LogP contribution in [0.2, 0.25) is 0 Å². The highest BCUT2D eigenvalue weighted by molar-refractivity contribution is 5.71. The molecule has 0 aliphatic rings. The highest BCUT2D eigenvalue weighted by Crippen LogP contribution is 2.16. The third-order valence-electron chi connectivity index (χ3n) is 12.4. The van der Waals surface area contributed by atoms with Crippen LogP contribution in [0.3, 0.4) is 0 Å². The molecule has 396 valence electrons. The predicted molar refractivity (Wildman–Crippen MR) is 297 cm³/mol. The first kappa shape index (κ1) is 65.6. The first-order valence-corrected chi connectivity index (χ1v) is 29.1. The summed E-state index contributed by atoms with van der Waals surface area (Å²) < 4.78 is 16.7. The summed E-state index contributed by atoms with van der Waals surface area (Å²) in [7, 11) is 0. The van der Waals surface area contributed by atoms with Crippen molar-refractivity contribution in [1.29, 1.82) is 0 Å². The van der Waals surface area contributed by atoms with E-state index in [0.717, 1.165) is 77.0 Å². The summed E-state index contributed by atoms with van der Waals surface area (Å²) in [4.78, 5) is 37.9. The first-order valence-electron chi connectivity index (χ1n) is 29.1. The number of ether oxygens (including phenoxy) is 3. The van der Waals surface area contributed by atoms with Gasteiger partial charge in [0.15, 0.2) is 6.10 Å². The van der Waals surface area contributed by atoms with Crippen LogP contribution < -0.4 is 0 Å². The van der Waals surface area contributed by atoms with Crippen molar-refractivity contribution in [1.82, 2.24) is 0 Å². The van der Waals surface area contributed by atoms with Crippen molar-refractivity contribution >= 4 is 17.9 Å². The van der Waals surface area contributed by atoms with Crippen molar-refractivity contribution in [2.45, 2.75) is 284 Å². The number of esters is 3. The number of hydrogen-bond acceptors (Lipinski definition) is 6. The molecule has 6 heteroatoms. The van der Waals surface area contributed by atoms with Crippen LogP contribution in [0.15, 0.2) is 85.1 Å². The van der Waals surface area contributed by atoms with Crippen LogP contribution in [-0.4, -0.2) is 37.2 Å². The van der Waals surface area contributed by atoms with Gasteiger partial charge in [0.05, 0.1) is 0 Å². The van der Waals surface area contributed by atoms with Gasteiger partial charge in [-0.15, -0.1) is 0 Å². The second-order valence-corrected chi connectivity index (χ2v) is 19.2. The Morgan fingerprint density at radius 1 is 0.304 bits per heavy atom. The van der Waals surface area contributed by atoms with Gasteiger partial charge in [0.2, 0.25) is 0 Å². The molecule has 6 nitrogen and oxygen atoms in total. The molecule has 0 aromatic rings. The smallest absolute Gasteiger partial charge is 0.306 e. The lowest BCUT2D eigenvalue weighted by atomic mass is 10.0. The normalized spacial score (nSPS) is 12.7. The van der Waals surface area contributed by atoms with Crippen LogP contribution in [0.25, 0.3) is 0 Å². The molecule has 0 aromatic carbocycles. The van der Waals surface area contributed by atoms with E-state index in [-0.39, 0.29) is 37.5 Å². The Hall–Kier alpha value is -3.41. The van der Waals surface area contributed by atoms with Gasteiger partial charge in [-0.3, -0.25) is 14.4 Å². The standard InChI is InChI=1S/C63H108O6/c1-4-7-10-13-16-19-21-23-24-25-26-27-28-29-30-31-32-33-34-35-36-37-38-40-41-44-47-50-53-56-62(65)68-59-60(58-67-61(64)55-52-49-46-43-18-15-12-9-6-3)69-63(66)57-54-51-48-45-42-39-22-20-17-14-11-8-5-2/h8,11,17,20-21,23,25-26,28-29,39,42,48,51,60H,4-7,9-10,12-16,18-19,22,24,27,30-38,40-41,43-47,49-50,52-59H2,1-3H3/b11-8-,20-17-,23-21-,26-25-,29-28-,42-39-,51-48-. The van der Waals surface area contributed by atoms with E-state index in [2.05, 4.69) is 93.7 Å². The van der Waals surface area contributed by atoms with Crippen molar-refractivity contribution in [2.24, 2.45) is 0 Å². The van der Waals surface area contributed by atoms with Crippen molar-refractivity contribution in [3.63, 3.8) is 0 Å². The van der Waals surface area contributed by atoms with E-state index < -0.39 is 6.10 Å². The molecule has 0 amide bonds. The molecule has 69 heavy (non-hydrogen) atoms. The molecule has 0 saturated heterocycles. The molecule has 0 bridgehead atoms. The molecule has 0 heterocycles. The molecule has 0 N–H and O–H groups in total. The highest BCUT2D eigenvalue weighted by Gasteiger charge is 2.19. The largest absolute Gasteiger partial charge is 0.462 e. The van der Waals surface area contributed by atoms with Crippen LogP contribution in [0.4, 0.5) is 0 Å². The van der Waals surface area contributed by atoms with E-state index in [1.54, 1.807) is 0 Å². The Morgan fingerprint density at radius 3 is 0.942 bits per heavy atom. The summed E-state index contributed by atoms with van der Waals surface area (Å²) in [6.07, 6.45) is 74.8. The lowest BCUT2D eigenvalue weighted by Gasteiger charge is -2.18. The molecule has 0 fully saturated rings. The van der Waals surface area contributed by atoms with Crippen LogP contribution in [-0.2, 0) is 28.6 Å². The van der Waals surface area contributed by atoms with E-state index in [4.69, 9.17) is 14.2 Å². The summed E-state index contributed by atoms with van der Waals surface area (Å²) in [5.74, 6) is -0.985. The molecule has 0 aliphatic heterocycles. The number of carbonyl (C=O) groups excluding carboxylic acids is 3. The molecule has 0 spiro atoms. The summed E-state index contributed by atoms with van der Waals surface area (Å²) in [6, 6.07) is 0. The van der Waals surface area contributed by atoms with E-state index in [0.29, 0.717) is 19.3 Å². The molecule has 0 aliphatic carbocycles. The van der Waals surface area contributed by atoms with E-state index in [9.17, 15) is 14.4 Å². The molecular formula is C63H108O6. The minimum Gasteiger partial charge on any atom is -0.462 e. The molecule has 1 atom stereocenters. The van der Waals surface area contributed by atoms with Crippen molar-refractivity contribution < 1.29 is 28.6 Å². The second kappa shape index (κ2) is 57.2. The Morgan fingerprint density at radius 2 is 0.594 bits per heavy atom. The molecule has 1 unspecified atom stereocenters. The zero-order valence-corrected chi connectivity index (χ0v) is 45.3. The quantitative estimate of drug-likeness (QED) is 0.0262. The van der Waals surface area contributed by atoms with Gasteiger partial charge >= 0.3 is 17.9 Å². The van der Waals surface area contributed by atoms with Crippen LogP contribution in [0.1, 0.15) is 278 Å². The van der Waals surface area contributed by atoms with Crippen molar-refractivity contribution in [3.8, 4) is 0 Å². The lowest BCUT2D eigenvalue weighted by molar-refractivity contribution is -0.166. The van der Waals surface area contributed by atoms with Gasteiger partial charge < -0.3 is 14.2 Å². The molecule has 0 rings (SSSR count). The van der Waals surface area contributed by atoms with Crippen LogP contribution >= 0.6 is 0 Å². The maximum Gasteiger partial charge on any atom is 0.306 e. The Labute approximate surface area is 426 Å². The van der Waals surface area contributed by atoms with Gasteiger partial charge in [-0.25, -0.2) is 0 Å². The fraction of sp³-hybridized carbons (Fsp3) is 0.730. The van der Waals surface area contributed by atoms with Gasteiger partial charge in [0.25, 0.3) is 0 Å². The monoisotopic (exact) mass is 961 g/mol. The number of carbonyl (C=O) groups is 3. The van der Waals surface area contributed by atoms with Crippen LogP contribution in [0.5, 0.6) is 0 Å². The number of rotatable bonds is 52. The van der Waals surface area contributed by atoms with Gasteiger partial charge in [-0.2, -0.15) is 0 Å². The Bertz CT molecular complexity index is 1330. The first-order chi connectivity index (χ1) is 34.0. The Balaban J connectivity index is 4.16. The highest BCUT2D eigenvalue weighted by atomic mass is 16.6. The minimum atomic E-state index is -0.811. The molecule has 0 saturated carbocycles. The van der Waals surface area contributed by atoms with Gasteiger partial charge in [-0.05, 0) is 83.5 Å². The lowest BCUT2D eigenvalue weighted by Crippen LogP contribution is -2.30. The van der Waals surface area contributed by atoms with E-state index in [1.807, 2.05) is 12.2 Å². The number of hydrogen-bond donors (Lipinski definition) is 0. The number of allylic oxidation sites excluding steroid dienone is 14. The van der Waals surface area contributed by atoms with Gasteiger partial charge in [0.1, 0.15) is 13.2 Å². The van der Waals surface area contributed by atoms with Crippen molar-refractivity contribution in [2.75, 3.05) is 13.2 Å². The van der Waals surface area contributed by atoms with Crippen LogP contribution in [0, 0.1) is 0 Å². The SMILES string of the molecule is CC/C=C\C/C=C\C/C=C\C/C=C\CCC(=O)OC(COC(=O)CCCCCCCCCCC)COC(=O)CCCCCCCCCCCCCCCC/C=C\C/C=C\C/C=C\CCCCCCC. The van der Waals surface area contributed by atoms with E-state index in [1.165, 1.54) is 154 Å². The average Bonchev–Trinajstić information content (AvgIpc) is 3.35. The van der Waals surface area contributed by atoms with Crippen molar-refractivity contribution in [3.05, 3.63) is 85.1 Å². The molecule has 0 aromatic heterocycles. The maximum atomic E-state index is 12.7. The third kappa shape index (κ3) is 55.4. The fourth-order valence-corrected chi connectivity index (χ4v) is 8.05. The zero-order chi connectivity index (χ0) is 50.0.